The van der Waals surface area contributed by atoms with Crippen molar-refractivity contribution in [2.75, 3.05) is 7.11 Å². The number of aromatic nitrogens is 2. The summed E-state index contributed by atoms with van der Waals surface area (Å²) in [6.45, 7) is 0. The number of methoxy groups -OCH3 is 1. The molecule has 1 aliphatic carbocycles. The minimum atomic E-state index is 0.609. The van der Waals surface area contributed by atoms with Crippen molar-refractivity contribution in [2.24, 2.45) is 0 Å². The van der Waals surface area contributed by atoms with Gasteiger partial charge < -0.3 is 4.74 Å². The molecule has 13 heavy (non-hydrogen) atoms. The zero-order valence-electron chi connectivity index (χ0n) is 8.07. The van der Waals surface area contributed by atoms with Crippen molar-refractivity contribution < 1.29 is 4.74 Å². The smallest absolute Gasteiger partial charge is 0.156 e. The van der Waals surface area contributed by atoms with Gasteiger partial charge in [-0.25, -0.2) is 0 Å². The molecule has 0 aromatic carbocycles. The van der Waals surface area contributed by atoms with E-state index in [9.17, 15) is 0 Å². The SMILES string of the molecule is COc1cnn(C2CCCCC2)c1. The predicted molar refractivity (Wildman–Crippen MR) is 50.9 cm³/mol. The molecular formula is C10H16N2O. The van der Waals surface area contributed by atoms with Crippen molar-refractivity contribution in [3.8, 4) is 5.75 Å². The van der Waals surface area contributed by atoms with Gasteiger partial charge >= 0.3 is 0 Å². The molecule has 0 aliphatic heterocycles. The highest BCUT2D eigenvalue weighted by Gasteiger charge is 2.15. The third-order valence-electron chi connectivity index (χ3n) is 2.76. The summed E-state index contributed by atoms with van der Waals surface area (Å²) in [6, 6.07) is 0.609. The van der Waals surface area contributed by atoms with Gasteiger partial charge in [-0.05, 0) is 12.8 Å². The molecule has 1 fully saturated rings. The van der Waals surface area contributed by atoms with Crippen molar-refractivity contribution in [3.05, 3.63) is 12.4 Å². The normalized spacial score (nSPS) is 18.8. The van der Waals surface area contributed by atoms with Gasteiger partial charge in [-0.2, -0.15) is 5.10 Å². The van der Waals surface area contributed by atoms with Gasteiger partial charge in [-0.1, -0.05) is 19.3 Å². The molecule has 2 rings (SSSR count). The highest BCUT2D eigenvalue weighted by molar-refractivity contribution is 5.11. The molecule has 3 heteroatoms. The first kappa shape index (κ1) is 8.60. The Labute approximate surface area is 78.7 Å². The van der Waals surface area contributed by atoms with E-state index in [0.717, 1.165) is 5.75 Å². The maximum Gasteiger partial charge on any atom is 0.156 e. The van der Waals surface area contributed by atoms with E-state index >= 15 is 0 Å². The van der Waals surface area contributed by atoms with Crippen LogP contribution >= 0.6 is 0 Å². The predicted octanol–water partition coefficient (Wildman–Crippen LogP) is 2.40. The van der Waals surface area contributed by atoms with E-state index in [1.807, 2.05) is 6.20 Å². The molecule has 0 N–H and O–H groups in total. The van der Waals surface area contributed by atoms with Gasteiger partial charge in [0.05, 0.1) is 25.5 Å². The monoisotopic (exact) mass is 180 g/mol. The lowest BCUT2D eigenvalue weighted by atomic mass is 9.96. The molecule has 0 unspecified atom stereocenters. The van der Waals surface area contributed by atoms with Crippen molar-refractivity contribution in [2.45, 2.75) is 38.1 Å². The van der Waals surface area contributed by atoms with Crippen LogP contribution in [-0.4, -0.2) is 16.9 Å². The lowest BCUT2D eigenvalue weighted by Crippen LogP contribution is -2.12. The largest absolute Gasteiger partial charge is 0.493 e. The fourth-order valence-electron chi connectivity index (χ4n) is 1.97. The number of hydrogen-bond acceptors (Lipinski definition) is 2. The van der Waals surface area contributed by atoms with Crippen LogP contribution in [0, 0.1) is 0 Å². The third kappa shape index (κ3) is 1.85. The minimum Gasteiger partial charge on any atom is -0.493 e. The van der Waals surface area contributed by atoms with E-state index < -0.39 is 0 Å². The zero-order chi connectivity index (χ0) is 9.10. The molecule has 1 heterocycles. The third-order valence-corrected chi connectivity index (χ3v) is 2.76. The highest BCUT2D eigenvalue weighted by Crippen LogP contribution is 2.28. The number of hydrogen-bond donors (Lipinski definition) is 0. The molecule has 1 aromatic rings. The highest BCUT2D eigenvalue weighted by atomic mass is 16.5. The topological polar surface area (TPSA) is 27.1 Å². The Bertz CT molecular complexity index is 264. The number of nitrogens with zero attached hydrogens (tertiary/aromatic N) is 2. The maximum absolute atomic E-state index is 5.10. The Hall–Kier alpha value is -0.990. The Balaban J connectivity index is 2.05. The van der Waals surface area contributed by atoms with E-state index in [0.29, 0.717) is 6.04 Å². The second-order valence-electron chi connectivity index (χ2n) is 3.65. The maximum atomic E-state index is 5.10. The van der Waals surface area contributed by atoms with Crippen molar-refractivity contribution in [1.29, 1.82) is 0 Å². The van der Waals surface area contributed by atoms with Gasteiger partial charge in [0.15, 0.2) is 5.75 Å². The summed E-state index contributed by atoms with van der Waals surface area (Å²) in [5.41, 5.74) is 0. The molecule has 0 radical (unpaired) electrons. The van der Waals surface area contributed by atoms with E-state index in [1.165, 1.54) is 32.1 Å². The van der Waals surface area contributed by atoms with Gasteiger partial charge in [0.2, 0.25) is 0 Å². The Kier molecular flexibility index (Phi) is 2.52. The van der Waals surface area contributed by atoms with Crippen LogP contribution in [0.15, 0.2) is 12.4 Å². The Morgan fingerprint density at radius 3 is 2.77 bits per heavy atom. The van der Waals surface area contributed by atoms with Crippen molar-refractivity contribution in [1.82, 2.24) is 9.78 Å². The van der Waals surface area contributed by atoms with Crippen LogP contribution in [0.4, 0.5) is 0 Å². The second-order valence-corrected chi connectivity index (χ2v) is 3.65. The molecule has 3 nitrogen and oxygen atoms in total. The number of ether oxygens (including phenoxy) is 1. The fraction of sp³-hybridized carbons (Fsp3) is 0.700. The summed E-state index contributed by atoms with van der Waals surface area (Å²) < 4.78 is 7.16. The lowest BCUT2D eigenvalue weighted by Gasteiger charge is -2.21. The first-order valence-electron chi connectivity index (χ1n) is 4.98. The summed E-state index contributed by atoms with van der Waals surface area (Å²) in [6.07, 6.45) is 10.4. The molecule has 0 amide bonds. The number of rotatable bonds is 2. The summed E-state index contributed by atoms with van der Waals surface area (Å²) in [4.78, 5) is 0. The molecule has 0 saturated heterocycles. The molecule has 1 saturated carbocycles. The van der Waals surface area contributed by atoms with Gasteiger partial charge in [0.25, 0.3) is 0 Å². The quantitative estimate of drug-likeness (QED) is 0.698. The van der Waals surface area contributed by atoms with Gasteiger partial charge in [0.1, 0.15) is 0 Å². The van der Waals surface area contributed by atoms with Crippen molar-refractivity contribution in [3.63, 3.8) is 0 Å². The Morgan fingerprint density at radius 2 is 2.15 bits per heavy atom. The van der Waals surface area contributed by atoms with E-state index in [2.05, 4.69) is 9.78 Å². The zero-order valence-corrected chi connectivity index (χ0v) is 8.07. The molecule has 1 aliphatic rings. The van der Waals surface area contributed by atoms with Gasteiger partial charge in [0, 0.05) is 0 Å². The van der Waals surface area contributed by atoms with E-state index in [4.69, 9.17) is 4.74 Å². The standard InChI is InChI=1S/C10H16N2O/c1-13-10-7-11-12(8-10)9-5-3-2-4-6-9/h7-9H,2-6H2,1H3. The second kappa shape index (κ2) is 3.81. The van der Waals surface area contributed by atoms with Crippen LogP contribution in [0.5, 0.6) is 5.75 Å². The molecule has 0 atom stereocenters. The lowest BCUT2D eigenvalue weighted by molar-refractivity contribution is 0.327. The average Bonchev–Trinajstić information content (AvgIpc) is 2.67. The van der Waals surface area contributed by atoms with Crippen LogP contribution in [0.2, 0.25) is 0 Å². The van der Waals surface area contributed by atoms with Crippen molar-refractivity contribution >= 4 is 0 Å². The van der Waals surface area contributed by atoms with Gasteiger partial charge in [-0.3, -0.25) is 4.68 Å². The van der Waals surface area contributed by atoms with Crippen LogP contribution in [-0.2, 0) is 0 Å². The fourth-order valence-corrected chi connectivity index (χ4v) is 1.97. The van der Waals surface area contributed by atoms with E-state index in [-0.39, 0.29) is 0 Å². The molecular weight excluding hydrogens is 164 g/mol. The van der Waals surface area contributed by atoms with Crippen LogP contribution in [0.3, 0.4) is 0 Å². The summed E-state index contributed by atoms with van der Waals surface area (Å²) in [7, 11) is 1.68. The summed E-state index contributed by atoms with van der Waals surface area (Å²) >= 11 is 0. The molecule has 0 bridgehead atoms. The first-order valence-corrected chi connectivity index (χ1v) is 4.98. The summed E-state index contributed by atoms with van der Waals surface area (Å²) in [5, 5.41) is 4.30. The first-order chi connectivity index (χ1) is 6.40. The summed E-state index contributed by atoms with van der Waals surface area (Å²) in [5.74, 6) is 0.866. The van der Waals surface area contributed by atoms with Crippen LogP contribution in [0.1, 0.15) is 38.1 Å². The molecule has 72 valence electrons. The van der Waals surface area contributed by atoms with Crippen LogP contribution in [0.25, 0.3) is 0 Å². The van der Waals surface area contributed by atoms with E-state index in [1.54, 1.807) is 13.3 Å². The average molecular weight is 180 g/mol. The van der Waals surface area contributed by atoms with Gasteiger partial charge in [-0.15, -0.1) is 0 Å². The molecule has 0 spiro atoms. The van der Waals surface area contributed by atoms with Crippen LogP contribution < -0.4 is 4.74 Å². The minimum absolute atomic E-state index is 0.609. The molecule has 1 aromatic heterocycles. The Morgan fingerprint density at radius 1 is 1.38 bits per heavy atom.